The first-order valence-corrected chi connectivity index (χ1v) is 8.52. The topological polar surface area (TPSA) is 33.0 Å². The predicted molar refractivity (Wildman–Crippen MR) is 90.8 cm³/mol. The number of hydrogen-bond acceptors (Lipinski definition) is 2. The average Bonchev–Trinajstić information content (AvgIpc) is 2.52. The van der Waals surface area contributed by atoms with Crippen molar-refractivity contribution >= 4 is 0 Å². The lowest BCUT2D eigenvalue weighted by atomic mass is 9.83. The second-order valence-corrected chi connectivity index (χ2v) is 6.18. The molecule has 0 fully saturated rings. The van der Waals surface area contributed by atoms with Gasteiger partial charge in [0.2, 0.25) is 0 Å². The summed E-state index contributed by atoms with van der Waals surface area (Å²) in [6.45, 7) is 0. The highest BCUT2D eigenvalue weighted by atomic mass is 16.5. The highest BCUT2D eigenvalue weighted by Crippen LogP contribution is 2.29. The highest BCUT2D eigenvalue weighted by Gasteiger charge is 2.16. The summed E-state index contributed by atoms with van der Waals surface area (Å²) in [7, 11) is 1.70. The molecule has 2 nitrogen and oxygen atoms in total. The van der Waals surface area contributed by atoms with Crippen molar-refractivity contribution in [2.24, 2.45) is 5.92 Å². The monoisotopic (exact) mass is 297 g/mol. The van der Waals surface area contributed by atoms with Crippen LogP contribution >= 0.6 is 0 Å². The molecular weight excluding hydrogens is 270 g/mol. The van der Waals surface area contributed by atoms with Crippen molar-refractivity contribution in [3.63, 3.8) is 0 Å². The van der Waals surface area contributed by atoms with Gasteiger partial charge in [-0.2, -0.15) is 5.26 Å². The molecule has 1 atom stereocenters. The molecule has 1 aliphatic carbocycles. The summed E-state index contributed by atoms with van der Waals surface area (Å²) in [6, 6.07) is 10.7. The van der Waals surface area contributed by atoms with Gasteiger partial charge in [0.25, 0.3) is 0 Å². The van der Waals surface area contributed by atoms with Gasteiger partial charge in [0, 0.05) is 6.42 Å². The van der Waals surface area contributed by atoms with Gasteiger partial charge in [-0.25, -0.2) is 0 Å². The Morgan fingerprint density at radius 2 is 1.91 bits per heavy atom. The lowest BCUT2D eigenvalue weighted by Crippen LogP contribution is -2.10. The Kier molecular flexibility index (Phi) is 7.03. The summed E-state index contributed by atoms with van der Waals surface area (Å²) in [5.41, 5.74) is 2.93. The minimum atomic E-state index is 0.520. The molecule has 0 saturated heterocycles. The van der Waals surface area contributed by atoms with Gasteiger partial charge in [0.15, 0.2) is 0 Å². The number of nitriles is 1. The standard InChI is InChI=1S/C20H27NO/c1-22-20-13-11-17(12-14-20)16-19(10-7-15-21)18-8-5-3-2-4-6-9-18/h8,11-14,19H,2-7,9-10,16H2,1H3/b18-8+. The molecule has 0 N–H and O–H groups in total. The van der Waals surface area contributed by atoms with Gasteiger partial charge < -0.3 is 4.74 Å². The van der Waals surface area contributed by atoms with Gasteiger partial charge in [-0.05, 0) is 62.1 Å². The minimum absolute atomic E-state index is 0.520. The highest BCUT2D eigenvalue weighted by molar-refractivity contribution is 5.28. The maximum Gasteiger partial charge on any atom is 0.118 e. The van der Waals surface area contributed by atoms with Crippen LogP contribution in [0.25, 0.3) is 0 Å². The molecule has 118 valence electrons. The predicted octanol–water partition coefficient (Wildman–Crippen LogP) is 5.44. The summed E-state index contributed by atoms with van der Waals surface area (Å²) in [6.07, 6.45) is 12.9. The van der Waals surface area contributed by atoms with Crippen molar-refractivity contribution < 1.29 is 4.74 Å². The third kappa shape index (κ3) is 5.22. The maximum atomic E-state index is 8.96. The van der Waals surface area contributed by atoms with Crippen LogP contribution in [0.3, 0.4) is 0 Å². The normalized spacial score (nSPS) is 19.2. The number of rotatable bonds is 6. The summed E-state index contributed by atoms with van der Waals surface area (Å²) >= 11 is 0. The molecule has 22 heavy (non-hydrogen) atoms. The molecule has 0 heterocycles. The van der Waals surface area contributed by atoms with Crippen LogP contribution in [0.2, 0.25) is 0 Å². The lowest BCUT2D eigenvalue weighted by Gasteiger charge is -2.22. The van der Waals surface area contributed by atoms with E-state index in [-0.39, 0.29) is 0 Å². The molecule has 1 aromatic carbocycles. The Bertz CT molecular complexity index is 510. The number of ether oxygens (including phenoxy) is 1. The van der Waals surface area contributed by atoms with Crippen LogP contribution in [0.5, 0.6) is 5.75 Å². The molecular formula is C20H27NO. The van der Waals surface area contributed by atoms with Crippen LogP contribution < -0.4 is 4.74 Å². The van der Waals surface area contributed by atoms with E-state index >= 15 is 0 Å². The SMILES string of the molecule is COc1ccc(CC(CCC#N)/C2=C/CCCCCC2)cc1. The molecule has 1 unspecified atom stereocenters. The summed E-state index contributed by atoms with van der Waals surface area (Å²) in [5, 5.41) is 8.96. The van der Waals surface area contributed by atoms with Gasteiger partial charge in [0.05, 0.1) is 13.2 Å². The molecule has 0 aliphatic heterocycles. The fraction of sp³-hybridized carbons (Fsp3) is 0.550. The number of hydrogen-bond donors (Lipinski definition) is 0. The maximum absolute atomic E-state index is 8.96. The Morgan fingerprint density at radius 3 is 2.64 bits per heavy atom. The third-order valence-electron chi connectivity index (χ3n) is 4.60. The van der Waals surface area contributed by atoms with Crippen LogP contribution in [0, 0.1) is 17.2 Å². The Balaban J connectivity index is 2.08. The van der Waals surface area contributed by atoms with Gasteiger partial charge >= 0.3 is 0 Å². The van der Waals surface area contributed by atoms with Crippen LogP contribution in [-0.2, 0) is 6.42 Å². The molecule has 0 saturated carbocycles. The molecule has 0 bridgehead atoms. The van der Waals surface area contributed by atoms with Gasteiger partial charge in [-0.15, -0.1) is 0 Å². The quantitative estimate of drug-likeness (QED) is 0.655. The minimum Gasteiger partial charge on any atom is -0.497 e. The zero-order valence-electron chi connectivity index (χ0n) is 13.7. The summed E-state index contributed by atoms with van der Waals surface area (Å²) in [5.74, 6) is 1.42. The first-order chi connectivity index (χ1) is 10.8. The fourth-order valence-electron chi connectivity index (χ4n) is 3.29. The van der Waals surface area contributed by atoms with Crippen molar-refractivity contribution in [1.82, 2.24) is 0 Å². The van der Waals surface area contributed by atoms with E-state index in [1.54, 1.807) is 12.7 Å². The van der Waals surface area contributed by atoms with E-state index < -0.39 is 0 Å². The molecule has 1 aromatic rings. The van der Waals surface area contributed by atoms with Gasteiger partial charge in [0.1, 0.15) is 5.75 Å². The van der Waals surface area contributed by atoms with Crippen LogP contribution in [0.1, 0.15) is 56.9 Å². The van der Waals surface area contributed by atoms with Crippen molar-refractivity contribution in [2.45, 2.75) is 57.8 Å². The largest absolute Gasteiger partial charge is 0.497 e. The Morgan fingerprint density at radius 1 is 1.14 bits per heavy atom. The molecule has 2 rings (SSSR count). The average molecular weight is 297 g/mol. The van der Waals surface area contributed by atoms with E-state index in [0.717, 1.165) is 18.6 Å². The van der Waals surface area contributed by atoms with E-state index in [1.807, 2.05) is 12.1 Å². The number of benzene rings is 1. The Hall–Kier alpha value is -1.75. The van der Waals surface area contributed by atoms with Crippen molar-refractivity contribution in [3.8, 4) is 11.8 Å². The van der Waals surface area contributed by atoms with Crippen molar-refractivity contribution in [2.75, 3.05) is 7.11 Å². The molecule has 0 radical (unpaired) electrons. The molecule has 2 heteroatoms. The van der Waals surface area contributed by atoms with Crippen molar-refractivity contribution in [1.29, 1.82) is 5.26 Å². The summed E-state index contributed by atoms with van der Waals surface area (Å²) < 4.78 is 5.23. The Labute approximate surface area is 134 Å². The smallest absolute Gasteiger partial charge is 0.118 e. The van der Waals surface area contributed by atoms with Crippen molar-refractivity contribution in [3.05, 3.63) is 41.5 Å². The second-order valence-electron chi connectivity index (χ2n) is 6.18. The second kappa shape index (κ2) is 9.30. The number of allylic oxidation sites excluding steroid dienone is 2. The van der Waals surface area contributed by atoms with Gasteiger partial charge in [-0.3, -0.25) is 0 Å². The first-order valence-electron chi connectivity index (χ1n) is 8.52. The van der Waals surface area contributed by atoms with E-state index in [9.17, 15) is 0 Å². The van der Waals surface area contributed by atoms with E-state index in [2.05, 4.69) is 24.3 Å². The van der Waals surface area contributed by atoms with Crippen LogP contribution in [0.4, 0.5) is 0 Å². The van der Waals surface area contributed by atoms with Crippen LogP contribution in [-0.4, -0.2) is 7.11 Å². The zero-order chi connectivity index (χ0) is 15.6. The molecule has 0 amide bonds. The molecule has 1 aliphatic rings. The molecule has 0 aromatic heterocycles. The van der Waals surface area contributed by atoms with Crippen LogP contribution in [0.15, 0.2) is 35.9 Å². The molecule has 0 spiro atoms. The first kappa shape index (κ1) is 16.6. The lowest BCUT2D eigenvalue weighted by molar-refractivity contribution is 0.414. The fourth-order valence-corrected chi connectivity index (χ4v) is 3.29. The van der Waals surface area contributed by atoms with Gasteiger partial charge in [-0.1, -0.05) is 36.6 Å². The van der Waals surface area contributed by atoms with E-state index in [0.29, 0.717) is 12.3 Å². The summed E-state index contributed by atoms with van der Waals surface area (Å²) in [4.78, 5) is 0. The third-order valence-corrected chi connectivity index (χ3v) is 4.60. The number of methoxy groups -OCH3 is 1. The van der Waals surface area contributed by atoms with E-state index in [4.69, 9.17) is 10.00 Å². The number of nitrogens with zero attached hydrogens (tertiary/aromatic N) is 1. The zero-order valence-corrected chi connectivity index (χ0v) is 13.7. The van der Waals surface area contributed by atoms with E-state index in [1.165, 1.54) is 44.1 Å².